The molecule has 0 spiro atoms. The van der Waals surface area contributed by atoms with Crippen LogP contribution in [0, 0.1) is 0 Å². The number of thioether (sulfide) groups is 1. The van der Waals surface area contributed by atoms with Crippen LogP contribution in [0.5, 0.6) is 0 Å². The Labute approximate surface area is 67.6 Å². The lowest BCUT2D eigenvalue weighted by Crippen LogP contribution is -1.67. The van der Waals surface area contributed by atoms with Crippen molar-refractivity contribution < 1.29 is 0 Å². The number of rotatable bonds is 2. The fourth-order valence-corrected chi connectivity index (χ4v) is 2.18. The monoisotopic (exact) mass is 177 g/mol. The average Bonchev–Trinajstić information content (AvgIpc) is 2.18. The molecule has 0 saturated carbocycles. The molecule has 1 aromatic rings. The molecule has 0 aliphatic heterocycles. The predicted octanol–water partition coefficient (Wildman–Crippen LogP) is 2.21. The summed E-state index contributed by atoms with van der Waals surface area (Å²) in [6.07, 6.45) is 0. The normalized spacial score (nSPS) is 9.89. The zero-order valence-corrected chi connectivity index (χ0v) is 7.28. The molecule has 0 N–H and O–H groups in total. The fraction of sp³-hybridized carbons (Fsp3) is 0.500. The molecule has 0 aliphatic rings. The molecule has 1 radical (unpaired) electrons. The second kappa shape index (κ2) is 3.34. The largest absolute Gasteiger partial charge is 0.175 e. The quantitative estimate of drug-likeness (QED) is 0.648. The van der Waals surface area contributed by atoms with Crippen LogP contribution in [-0.2, 0) is 0 Å². The van der Waals surface area contributed by atoms with Gasteiger partial charge >= 0.3 is 0 Å². The first-order chi connectivity index (χ1) is 4.34. The predicted molar refractivity (Wildman–Crippen MR) is 42.2 cm³/mol. The third-order valence-corrected chi connectivity index (χ3v) is 3.09. The van der Waals surface area contributed by atoms with E-state index in [0.29, 0.717) is 5.03 Å². The van der Waals surface area contributed by atoms with Crippen molar-refractivity contribution in [2.45, 2.75) is 16.2 Å². The van der Waals surface area contributed by atoms with Gasteiger partial charge < -0.3 is 0 Å². The highest BCUT2D eigenvalue weighted by molar-refractivity contribution is 8.01. The van der Waals surface area contributed by atoms with Crippen LogP contribution in [0.4, 0.5) is 0 Å². The third-order valence-electron chi connectivity index (χ3n) is 0.705. The standard InChI is InChI=1S/C4H5N2S3/c1-2-8-4-3(7)5-6-9-4/h2H2,1H3. The molecule has 49 valence electrons. The minimum atomic E-state index is 0.645. The molecule has 1 aromatic heterocycles. The second-order valence-corrected chi connectivity index (χ2v) is 3.97. The van der Waals surface area contributed by atoms with E-state index in [1.165, 1.54) is 11.5 Å². The summed E-state index contributed by atoms with van der Waals surface area (Å²) in [4.78, 5) is 0. The van der Waals surface area contributed by atoms with E-state index in [1.807, 2.05) is 0 Å². The molecule has 0 bridgehead atoms. The van der Waals surface area contributed by atoms with Crippen molar-refractivity contribution >= 4 is 35.9 Å². The van der Waals surface area contributed by atoms with Crippen LogP contribution in [0.2, 0.25) is 0 Å². The number of aromatic nitrogens is 2. The van der Waals surface area contributed by atoms with Crippen molar-refractivity contribution in [1.82, 2.24) is 9.59 Å². The van der Waals surface area contributed by atoms with Crippen LogP contribution < -0.4 is 0 Å². The van der Waals surface area contributed by atoms with E-state index in [9.17, 15) is 0 Å². The van der Waals surface area contributed by atoms with E-state index in [4.69, 9.17) is 12.6 Å². The van der Waals surface area contributed by atoms with Gasteiger partial charge in [0.25, 0.3) is 0 Å². The molecular weight excluding hydrogens is 172 g/mol. The molecular formula is C4H5N2S3. The number of hydrogen-bond donors (Lipinski definition) is 0. The molecule has 9 heavy (non-hydrogen) atoms. The highest BCUT2D eigenvalue weighted by Crippen LogP contribution is 2.26. The summed E-state index contributed by atoms with van der Waals surface area (Å²) in [6, 6.07) is 0. The third kappa shape index (κ3) is 1.77. The minimum absolute atomic E-state index is 0.645. The van der Waals surface area contributed by atoms with Crippen LogP contribution in [-0.4, -0.2) is 15.3 Å². The smallest absolute Gasteiger partial charge is 0.125 e. The van der Waals surface area contributed by atoms with Gasteiger partial charge in [-0.25, -0.2) is 0 Å². The summed E-state index contributed by atoms with van der Waals surface area (Å²) in [5.74, 6) is 1.04. The lowest BCUT2D eigenvalue weighted by Gasteiger charge is -1.86. The van der Waals surface area contributed by atoms with E-state index < -0.39 is 0 Å². The Morgan fingerprint density at radius 2 is 2.56 bits per heavy atom. The van der Waals surface area contributed by atoms with Crippen LogP contribution in [0.1, 0.15) is 6.92 Å². The fourth-order valence-electron chi connectivity index (χ4n) is 0.394. The van der Waals surface area contributed by atoms with Crippen molar-refractivity contribution in [3.8, 4) is 0 Å². The maximum atomic E-state index is 4.87. The minimum Gasteiger partial charge on any atom is -0.125 e. The molecule has 0 aliphatic carbocycles. The van der Waals surface area contributed by atoms with Gasteiger partial charge in [-0.1, -0.05) is 24.0 Å². The first-order valence-electron chi connectivity index (χ1n) is 2.46. The van der Waals surface area contributed by atoms with Gasteiger partial charge in [-0.3, -0.25) is 0 Å². The summed E-state index contributed by atoms with van der Waals surface area (Å²) in [5.41, 5.74) is 0. The maximum Gasteiger partial charge on any atom is 0.175 e. The Kier molecular flexibility index (Phi) is 2.68. The topological polar surface area (TPSA) is 25.8 Å². The summed E-state index contributed by atoms with van der Waals surface area (Å²) in [7, 11) is 0. The Bertz CT molecular complexity index is 186. The lowest BCUT2D eigenvalue weighted by molar-refractivity contribution is 1.01. The Hall–Kier alpha value is 0.130. The zero-order chi connectivity index (χ0) is 6.69. The molecule has 0 fully saturated rings. The van der Waals surface area contributed by atoms with Gasteiger partial charge in [-0.2, -0.15) is 0 Å². The van der Waals surface area contributed by atoms with E-state index in [0.717, 1.165) is 9.96 Å². The van der Waals surface area contributed by atoms with Gasteiger partial charge in [-0.05, 0) is 17.3 Å². The van der Waals surface area contributed by atoms with E-state index in [2.05, 4.69) is 16.5 Å². The molecule has 0 saturated heterocycles. The van der Waals surface area contributed by atoms with E-state index in [1.54, 1.807) is 11.8 Å². The van der Waals surface area contributed by atoms with Crippen LogP contribution >= 0.6 is 35.9 Å². The first-order valence-corrected chi connectivity index (χ1v) is 4.63. The molecule has 1 rings (SSSR count). The molecule has 0 amide bonds. The van der Waals surface area contributed by atoms with Crippen molar-refractivity contribution in [3.05, 3.63) is 0 Å². The van der Waals surface area contributed by atoms with Gasteiger partial charge in [0.05, 0.1) is 0 Å². The van der Waals surface area contributed by atoms with Crippen molar-refractivity contribution in [3.63, 3.8) is 0 Å². The van der Waals surface area contributed by atoms with Gasteiger partial charge in [0.15, 0.2) is 5.03 Å². The number of hydrogen-bond acceptors (Lipinski definition) is 4. The van der Waals surface area contributed by atoms with Crippen molar-refractivity contribution in [1.29, 1.82) is 0 Å². The Balaban J connectivity index is 2.69. The van der Waals surface area contributed by atoms with E-state index >= 15 is 0 Å². The van der Waals surface area contributed by atoms with Crippen molar-refractivity contribution in [2.24, 2.45) is 0 Å². The Morgan fingerprint density at radius 3 is 3.00 bits per heavy atom. The number of nitrogens with zero attached hydrogens (tertiary/aromatic N) is 2. The maximum absolute atomic E-state index is 4.87. The summed E-state index contributed by atoms with van der Waals surface area (Å²) < 4.78 is 4.77. The molecule has 0 atom stereocenters. The summed E-state index contributed by atoms with van der Waals surface area (Å²) in [5, 5.41) is 4.34. The highest BCUT2D eigenvalue weighted by atomic mass is 32.2. The molecule has 2 nitrogen and oxygen atoms in total. The molecule has 0 unspecified atom stereocenters. The van der Waals surface area contributed by atoms with Crippen LogP contribution in [0.3, 0.4) is 0 Å². The SMILES string of the molecule is CCSc1snnc1[S]. The van der Waals surface area contributed by atoms with Crippen LogP contribution in [0.25, 0.3) is 0 Å². The van der Waals surface area contributed by atoms with Gasteiger partial charge in [0, 0.05) is 0 Å². The molecule has 5 heteroatoms. The zero-order valence-electron chi connectivity index (χ0n) is 4.83. The van der Waals surface area contributed by atoms with Crippen molar-refractivity contribution in [2.75, 3.05) is 5.75 Å². The highest BCUT2D eigenvalue weighted by Gasteiger charge is 2.02. The van der Waals surface area contributed by atoms with E-state index in [-0.39, 0.29) is 0 Å². The van der Waals surface area contributed by atoms with Gasteiger partial charge in [0.2, 0.25) is 0 Å². The molecule has 0 aromatic carbocycles. The summed E-state index contributed by atoms with van der Waals surface area (Å²) in [6.45, 7) is 2.08. The first kappa shape index (κ1) is 7.24. The second-order valence-electron chi connectivity index (χ2n) is 1.30. The average molecular weight is 177 g/mol. The lowest BCUT2D eigenvalue weighted by atomic mass is 11.0. The van der Waals surface area contributed by atoms with Crippen LogP contribution in [0.15, 0.2) is 9.24 Å². The summed E-state index contributed by atoms with van der Waals surface area (Å²) >= 11 is 7.94. The molecule has 1 heterocycles. The van der Waals surface area contributed by atoms with Gasteiger partial charge in [-0.15, -0.1) is 16.9 Å². The van der Waals surface area contributed by atoms with Gasteiger partial charge in [0.1, 0.15) is 4.21 Å². The Morgan fingerprint density at radius 1 is 1.78 bits per heavy atom.